The maximum Gasteiger partial charge on any atom is 0.337 e. The van der Waals surface area contributed by atoms with Crippen LogP contribution >= 0.6 is 11.3 Å². The second kappa shape index (κ2) is 3.20. The molecule has 0 saturated heterocycles. The number of hydrogen-bond acceptors (Lipinski definition) is 6. The first kappa shape index (κ1) is 8.66. The largest absolute Gasteiger partial charge is 0.463 e. The Hall–Kier alpha value is -1.63. The first-order valence-corrected chi connectivity index (χ1v) is 5.50. The Labute approximate surface area is 89.9 Å². The first-order chi connectivity index (χ1) is 7.38. The van der Waals surface area contributed by atoms with Gasteiger partial charge in [-0.2, -0.15) is 9.67 Å². The molecule has 3 heterocycles. The van der Waals surface area contributed by atoms with Gasteiger partial charge in [0, 0.05) is 6.20 Å². The number of nitrogens with one attached hydrogen (secondary N) is 1. The zero-order valence-electron chi connectivity index (χ0n) is 8.04. The Balaban J connectivity index is 1.87. The topological polar surface area (TPSA) is 64.9 Å². The predicted octanol–water partition coefficient (Wildman–Crippen LogP) is 1.11. The molecule has 1 N–H and O–H groups in total. The van der Waals surface area contributed by atoms with Crippen molar-refractivity contribution in [3.05, 3.63) is 16.6 Å². The maximum atomic E-state index is 5.22. The third kappa shape index (κ3) is 1.27. The van der Waals surface area contributed by atoms with Crippen molar-refractivity contribution in [2.75, 3.05) is 11.9 Å². The summed E-state index contributed by atoms with van der Waals surface area (Å²) < 4.78 is 7.02. The van der Waals surface area contributed by atoms with Crippen LogP contribution in [0.3, 0.4) is 0 Å². The van der Waals surface area contributed by atoms with Crippen LogP contribution in [0, 0.1) is 0 Å². The summed E-state index contributed by atoms with van der Waals surface area (Å²) >= 11 is 1.59. The number of aromatic nitrogens is 4. The van der Waals surface area contributed by atoms with Crippen molar-refractivity contribution in [2.24, 2.45) is 0 Å². The maximum absolute atomic E-state index is 5.22. The van der Waals surface area contributed by atoms with Crippen LogP contribution in [0.25, 0.3) is 0 Å². The standard InChI is InChI=1S/C8H9N5OS/c1-2-14-8-11-7-10-6(13(7)12-8)5-3-9-4-15-5/h3-4,6H,2H2,1H3,(H,10,11,12). The highest BCUT2D eigenvalue weighted by molar-refractivity contribution is 7.09. The van der Waals surface area contributed by atoms with E-state index in [1.54, 1.807) is 21.5 Å². The van der Waals surface area contributed by atoms with Gasteiger partial charge >= 0.3 is 6.01 Å². The molecule has 0 saturated carbocycles. The second-order valence-electron chi connectivity index (χ2n) is 3.05. The molecule has 0 bridgehead atoms. The fraction of sp³-hybridized carbons (Fsp3) is 0.375. The highest BCUT2D eigenvalue weighted by Gasteiger charge is 2.31. The van der Waals surface area contributed by atoms with E-state index in [2.05, 4.69) is 20.4 Å². The molecule has 0 amide bonds. The Kier molecular flexibility index (Phi) is 1.84. The Morgan fingerprint density at radius 3 is 3.33 bits per heavy atom. The number of thiazole rings is 1. The van der Waals surface area contributed by atoms with Gasteiger partial charge in [0.05, 0.1) is 17.0 Å². The SMILES string of the molecule is CCOc1nc2n(n1)C(c1cncs1)N2. The van der Waals surface area contributed by atoms with Crippen LogP contribution in [0.2, 0.25) is 0 Å². The van der Waals surface area contributed by atoms with Gasteiger partial charge in [-0.15, -0.1) is 16.4 Å². The quantitative estimate of drug-likeness (QED) is 0.844. The van der Waals surface area contributed by atoms with Crippen molar-refractivity contribution >= 4 is 17.3 Å². The van der Waals surface area contributed by atoms with E-state index in [4.69, 9.17) is 4.74 Å². The lowest BCUT2D eigenvalue weighted by Crippen LogP contribution is -2.31. The predicted molar refractivity (Wildman–Crippen MR) is 55.1 cm³/mol. The molecule has 0 fully saturated rings. The minimum Gasteiger partial charge on any atom is -0.463 e. The van der Waals surface area contributed by atoms with Gasteiger partial charge in [0.25, 0.3) is 0 Å². The van der Waals surface area contributed by atoms with Gasteiger partial charge in [-0.3, -0.25) is 4.98 Å². The number of rotatable bonds is 3. The number of hydrogen-bond donors (Lipinski definition) is 1. The number of anilines is 1. The molecule has 3 rings (SSSR count). The van der Waals surface area contributed by atoms with Gasteiger partial charge in [-0.1, -0.05) is 0 Å². The van der Waals surface area contributed by atoms with Crippen molar-refractivity contribution in [3.63, 3.8) is 0 Å². The van der Waals surface area contributed by atoms with Crippen LogP contribution in [0.15, 0.2) is 11.7 Å². The van der Waals surface area contributed by atoms with Crippen molar-refractivity contribution in [2.45, 2.75) is 13.1 Å². The Morgan fingerprint density at radius 1 is 1.67 bits per heavy atom. The summed E-state index contributed by atoms with van der Waals surface area (Å²) in [5.74, 6) is 0.747. The highest BCUT2D eigenvalue weighted by atomic mass is 32.1. The van der Waals surface area contributed by atoms with Crippen LogP contribution < -0.4 is 10.1 Å². The fourth-order valence-electron chi connectivity index (χ4n) is 1.44. The van der Waals surface area contributed by atoms with Gasteiger partial charge in [0.2, 0.25) is 5.95 Å². The van der Waals surface area contributed by atoms with Gasteiger partial charge in [0.15, 0.2) is 6.17 Å². The van der Waals surface area contributed by atoms with Crippen molar-refractivity contribution in [1.82, 2.24) is 19.7 Å². The Morgan fingerprint density at radius 2 is 2.60 bits per heavy atom. The molecule has 0 aromatic carbocycles. The molecule has 0 aliphatic carbocycles. The third-order valence-corrected chi connectivity index (χ3v) is 2.94. The van der Waals surface area contributed by atoms with E-state index >= 15 is 0 Å². The van der Waals surface area contributed by atoms with E-state index in [-0.39, 0.29) is 6.17 Å². The summed E-state index contributed by atoms with van der Waals surface area (Å²) in [5, 5.41) is 7.41. The van der Waals surface area contributed by atoms with Gasteiger partial charge in [-0.05, 0) is 6.92 Å². The van der Waals surface area contributed by atoms with Crippen LogP contribution in [0.1, 0.15) is 18.0 Å². The van der Waals surface area contributed by atoms with Crippen molar-refractivity contribution in [3.8, 4) is 6.01 Å². The summed E-state index contributed by atoms with van der Waals surface area (Å²) in [5.41, 5.74) is 1.80. The monoisotopic (exact) mass is 223 g/mol. The lowest BCUT2D eigenvalue weighted by molar-refractivity contribution is 0.309. The summed E-state index contributed by atoms with van der Waals surface area (Å²) in [4.78, 5) is 9.30. The zero-order chi connectivity index (χ0) is 10.3. The molecular weight excluding hydrogens is 214 g/mol. The Bertz CT molecular complexity index is 465. The highest BCUT2D eigenvalue weighted by Crippen LogP contribution is 2.33. The molecule has 2 aromatic rings. The summed E-state index contributed by atoms with van der Waals surface area (Å²) in [6, 6.07) is 0.423. The minimum absolute atomic E-state index is 0.0641. The molecule has 1 aliphatic rings. The van der Waals surface area contributed by atoms with Gasteiger partial charge < -0.3 is 10.1 Å². The average Bonchev–Trinajstić information content (AvgIpc) is 2.80. The van der Waals surface area contributed by atoms with Crippen LogP contribution in [-0.2, 0) is 0 Å². The number of ether oxygens (including phenoxy) is 1. The van der Waals surface area contributed by atoms with E-state index in [0.29, 0.717) is 12.6 Å². The minimum atomic E-state index is 0.0641. The molecule has 6 nitrogen and oxygen atoms in total. The van der Waals surface area contributed by atoms with Gasteiger partial charge in [-0.25, -0.2) is 0 Å². The molecule has 1 atom stereocenters. The molecular formula is C8H9N5OS. The normalized spacial score (nSPS) is 17.8. The molecule has 0 spiro atoms. The van der Waals surface area contributed by atoms with E-state index in [1.807, 2.05) is 13.1 Å². The van der Waals surface area contributed by atoms with E-state index in [1.165, 1.54) is 0 Å². The second-order valence-corrected chi connectivity index (χ2v) is 3.96. The first-order valence-electron chi connectivity index (χ1n) is 4.62. The van der Waals surface area contributed by atoms with Crippen molar-refractivity contribution < 1.29 is 4.74 Å². The summed E-state index contributed by atoms with van der Waals surface area (Å²) in [6.07, 6.45) is 1.89. The van der Waals surface area contributed by atoms with Crippen LogP contribution in [0.4, 0.5) is 5.95 Å². The molecule has 1 unspecified atom stereocenters. The van der Waals surface area contributed by atoms with Crippen LogP contribution in [0.5, 0.6) is 6.01 Å². The zero-order valence-corrected chi connectivity index (χ0v) is 8.86. The van der Waals surface area contributed by atoms with E-state index in [0.717, 1.165) is 10.8 Å². The average molecular weight is 223 g/mol. The van der Waals surface area contributed by atoms with Gasteiger partial charge in [0.1, 0.15) is 0 Å². The number of fused-ring (bicyclic) bond motifs is 1. The molecule has 78 valence electrons. The lowest BCUT2D eigenvalue weighted by atomic mass is 10.3. The smallest absolute Gasteiger partial charge is 0.337 e. The molecule has 15 heavy (non-hydrogen) atoms. The van der Waals surface area contributed by atoms with E-state index in [9.17, 15) is 0 Å². The fourth-order valence-corrected chi connectivity index (χ4v) is 2.09. The molecule has 2 aromatic heterocycles. The lowest BCUT2D eigenvalue weighted by Gasteiger charge is -2.27. The summed E-state index contributed by atoms with van der Waals surface area (Å²) in [7, 11) is 0. The number of nitrogens with zero attached hydrogens (tertiary/aromatic N) is 4. The molecule has 1 aliphatic heterocycles. The van der Waals surface area contributed by atoms with Crippen molar-refractivity contribution in [1.29, 1.82) is 0 Å². The molecule has 0 radical (unpaired) electrons. The van der Waals surface area contributed by atoms with Crippen LogP contribution in [-0.4, -0.2) is 26.4 Å². The molecule has 7 heteroatoms. The van der Waals surface area contributed by atoms with E-state index < -0.39 is 0 Å². The summed E-state index contributed by atoms with van der Waals surface area (Å²) in [6.45, 7) is 2.49. The third-order valence-electron chi connectivity index (χ3n) is 2.12.